The van der Waals surface area contributed by atoms with Crippen molar-refractivity contribution >= 4 is 29.1 Å². The molecule has 8 nitrogen and oxygen atoms in total. The molecule has 2 N–H and O–H groups in total. The number of anilines is 1. The normalized spacial score (nSPS) is 18.1. The van der Waals surface area contributed by atoms with Crippen molar-refractivity contribution in [3.05, 3.63) is 34.6 Å². The molecule has 0 spiro atoms. The highest BCUT2D eigenvalue weighted by Gasteiger charge is 2.26. The van der Waals surface area contributed by atoms with Crippen LogP contribution in [0.3, 0.4) is 0 Å². The van der Waals surface area contributed by atoms with E-state index in [9.17, 15) is 9.59 Å². The van der Waals surface area contributed by atoms with Crippen LogP contribution in [0.5, 0.6) is 11.5 Å². The van der Waals surface area contributed by atoms with Crippen LogP contribution < -0.4 is 20.1 Å². The number of benzene rings is 1. The Morgan fingerprint density at radius 2 is 2.12 bits per heavy atom. The lowest BCUT2D eigenvalue weighted by Crippen LogP contribution is -2.42. The van der Waals surface area contributed by atoms with Crippen molar-refractivity contribution in [1.82, 2.24) is 15.1 Å². The van der Waals surface area contributed by atoms with Crippen LogP contribution in [-0.2, 0) is 6.54 Å². The number of hydrogen-bond acceptors (Lipinski definition) is 5. The Morgan fingerprint density at radius 1 is 1.38 bits per heavy atom. The summed E-state index contributed by atoms with van der Waals surface area (Å²) in [5.74, 6) is 0.327. The number of nitrogens with zero attached hydrogens (tertiary/aromatic N) is 2. The van der Waals surface area contributed by atoms with Crippen molar-refractivity contribution in [3.8, 4) is 11.5 Å². The summed E-state index contributed by atoms with van der Waals surface area (Å²) in [4.78, 5) is 24.3. The minimum absolute atomic E-state index is 0.0379. The highest BCUT2D eigenvalue weighted by molar-refractivity contribution is 6.34. The zero-order valence-electron chi connectivity index (χ0n) is 12.6. The van der Waals surface area contributed by atoms with Gasteiger partial charge < -0.3 is 20.1 Å². The Kier molecular flexibility index (Phi) is 3.34. The smallest absolute Gasteiger partial charge is 0.276 e. The molecule has 1 atom stereocenters. The van der Waals surface area contributed by atoms with Gasteiger partial charge in [0.05, 0.1) is 17.3 Å². The van der Waals surface area contributed by atoms with Gasteiger partial charge in [-0.25, -0.2) is 0 Å². The lowest BCUT2D eigenvalue weighted by molar-refractivity contribution is 0.0900. The molecule has 0 fully saturated rings. The number of carbonyl (C=O) groups is 2. The lowest BCUT2D eigenvalue weighted by atomic mass is 10.2. The van der Waals surface area contributed by atoms with Gasteiger partial charge in [0, 0.05) is 24.2 Å². The molecule has 2 aliphatic heterocycles. The zero-order valence-corrected chi connectivity index (χ0v) is 13.4. The van der Waals surface area contributed by atoms with Crippen LogP contribution in [0.25, 0.3) is 0 Å². The predicted octanol–water partition coefficient (Wildman–Crippen LogP) is 1.65. The molecule has 2 aromatic rings. The van der Waals surface area contributed by atoms with E-state index in [0.29, 0.717) is 34.4 Å². The molecule has 0 saturated carbocycles. The number of fused-ring (bicyclic) bond motifs is 2. The third-order valence-electron chi connectivity index (χ3n) is 3.78. The Labute approximate surface area is 141 Å². The molecule has 1 unspecified atom stereocenters. The van der Waals surface area contributed by atoms with E-state index >= 15 is 0 Å². The first-order chi connectivity index (χ1) is 11.5. The molecular weight excluding hydrogens is 336 g/mol. The summed E-state index contributed by atoms with van der Waals surface area (Å²) in [5.41, 5.74) is 0.882. The number of rotatable bonds is 2. The van der Waals surface area contributed by atoms with E-state index in [1.807, 2.05) is 6.92 Å². The van der Waals surface area contributed by atoms with Crippen molar-refractivity contribution in [2.45, 2.75) is 19.5 Å². The van der Waals surface area contributed by atoms with Gasteiger partial charge in [-0.15, -0.1) is 0 Å². The van der Waals surface area contributed by atoms with Crippen LogP contribution >= 0.6 is 11.6 Å². The minimum Gasteiger partial charge on any atom is -0.454 e. The second-order valence-electron chi connectivity index (χ2n) is 5.61. The van der Waals surface area contributed by atoms with Gasteiger partial charge in [0.1, 0.15) is 5.69 Å². The SMILES string of the molecule is CC1Cn2nc(C(=O)Nc3cc4c(cc3Cl)OCO4)cc2C(=O)N1. The van der Waals surface area contributed by atoms with Gasteiger partial charge in [-0.1, -0.05) is 11.6 Å². The van der Waals surface area contributed by atoms with Crippen LogP contribution in [0.1, 0.15) is 27.9 Å². The molecule has 0 bridgehead atoms. The molecule has 4 rings (SSSR count). The van der Waals surface area contributed by atoms with Crippen LogP contribution in [0.4, 0.5) is 5.69 Å². The van der Waals surface area contributed by atoms with Gasteiger partial charge in [0.25, 0.3) is 11.8 Å². The maximum absolute atomic E-state index is 12.4. The molecule has 0 radical (unpaired) electrons. The van der Waals surface area contributed by atoms with E-state index in [0.717, 1.165) is 0 Å². The number of amides is 2. The van der Waals surface area contributed by atoms with Crippen molar-refractivity contribution in [2.24, 2.45) is 0 Å². The lowest BCUT2D eigenvalue weighted by Gasteiger charge is -2.20. The van der Waals surface area contributed by atoms with Crippen LogP contribution in [0.2, 0.25) is 5.02 Å². The fraction of sp³-hybridized carbons (Fsp3) is 0.267. The fourth-order valence-electron chi connectivity index (χ4n) is 2.65. The van der Waals surface area contributed by atoms with Crippen molar-refractivity contribution < 1.29 is 19.1 Å². The predicted molar refractivity (Wildman–Crippen MR) is 84.7 cm³/mol. The summed E-state index contributed by atoms with van der Waals surface area (Å²) in [5, 5.41) is 9.99. The zero-order chi connectivity index (χ0) is 16.8. The van der Waals surface area contributed by atoms with E-state index in [4.69, 9.17) is 21.1 Å². The standard InChI is InChI=1S/C15H13ClN4O4/c1-7-5-20-11(15(22)17-7)3-10(19-20)14(21)18-9-4-13-12(2-8(9)16)23-6-24-13/h2-4,7H,5-6H2,1H3,(H,17,22)(H,18,21). The van der Waals surface area contributed by atoms with Crippen LogP contribution in [0, 0.1) is 0 Å². The van der Waals surface area contributed by atoms with Crippen molar-refractivity contribution in [3.63, 3.8) is 0 Å². The molecule has 124 valence electrons. The first-order valence-corrected chi connectivity index (χ1v) is 7.68. The van der Waals surface area contributed by atoms with E-state index in [1.165, 1.54) is 10.7 Å². The van der Waals surface area contributed by atoms with Gasteiger partial charge in [-0.2, -0.15) is 5.10 Å². The number of nitrogens with one attached hydrogen (secondary N) is 2. The van der Waals surface area contributed by atoms with Gasteiger partial charge in [0.15, 0.2) is 17.2 Å². The molecule has 3 heterocycles. The summed E-state index contributed by atoms with van der Waals surface area (Å²) in [6.45, 7) is 2.50. The molecule has 0 aliphatic carbocycles. The van der Waals surface area contributed by atoms with Crippen LogP contribution in [-0.4, -0.2) is 34.4 Å². The van der Waals surface area contributed by atoms with Gasteiger partial charge in [-0.05, 0) is 6.92 Å². The van der Waals surface area contributed by atoms with Gasteiger partial charge in [-0.3, -0.25) is 14.3 Å². The summed E-state index contributed by atoms with van der Waals surface area (Å²) < 4.78 is 12.0. The Balaban J connectivity index is 1.59. The Bertz CT molecular complexity index is 863. The molecule has 1 aromatic carbocycles. The third-order valence-corrected chi connectivity index (χ3v) is 4.09. The third kappa shape index (κ3) is 2.44. The summed E-state index contributed by atoms with van der Waals surface area (Å²) in [6, 6.07) is 4.58. The minimum atomic E-state index is -0.460. The number of halogens is 1. The summed E-state index contributed by atoms with van der Waals surface area (Å²) in [7, 11) is 0. The maximum atomic E-state index is 12.4. The largest absolute Gasteiger partial charge is 0.454 e. The fourth-order valence-corrected chi connectivity index (χ4v) is 2.85. The van der Waals surface area contributed by atoms with E-state index in [1.54, 1.807) is 12.1 Å². The van der Waals surface area contributed by atoms with Crippen molar-refractivity contribution in [2.75, 3.05) is 12.1 Å². The van der Waals surface area contributed by atoms with E-state index < -0.39 is 5.91 Å². The first-order valence-electron chi connectivity index (χ1n) is 7.30. The molecule has 9 heteroatoms. The Hall–Kier alpha value is -2.74. The quantitative estimate of drug-likeness (QED) is 0.860. The monoisotopic (exact) mass is 348 g/mol. The van der Waals surface area contributed by atoms with E-state index in [-0.39, 0.29) is 24.4 Å². The highest BCUT2D eigenvalue weighted by atomic mass is 35.5. The highest BCUT2D eigenvalue weighted by Crippen LogP contribution is 2.39. The molecule has 0 saturated heterocycles. The number of hydrogen-bond donors (Lipinski definition) is 2. The average molecular weight is 349 g/mol. The second-order valence-corrected chi connectivity index (χ2v) is 6.02. The topological polar surface area (TPSA) is 94.5 Å². The van der Waals surface area contributed by atoms with Gasteiger partial charge in [0.2, 0.25) is 6.79 Å². The van der Waals surface area contributed by atoms with E-state index in [2.05, 4.69) is 15.7 Å². The van der Waals surface area contributed by atoms with Crippen molar-refractivity contribution in [1.29, 1.82) is 0 Å². The maximum Gasteiger partial charge on any atom is 0.276 e. The Morgan fingerprint density at radius 3 is 2.92 bits per heavy atom. The molecule has 24 heavy (non-hydrogen) atoms. The van der Waals surface area contributed by atoms with Gasteiger partial charge >= 0.3 is 0 Å². The molecule has 2 amide bonds. The number of ether oxygens (including phenoxy) is 2. The summed E-state index contributed by atoms with van der Waals surface area (Å²) in [6.07, 6.45) is 0. The summed E-state index contributed by atoms with van der Waals surface area (Å²) >= 11 is 6.14. The number of aromatic nitrogens is 2. The first kappa shape index (κ1) is 14.8. The van der Waals surface area contributed by atoms with Crippen LogP contribution in [0.15, 0.2) is 18.2 Å². The number of carbonyl (C=O) groups excluding carboxylic acids is 2. The molecule has 2 aliphatic rings. The molecular formula is C15H13ClN4O4. The second kappa shape index (κ2) is 5.41. The average Bonchev–Trinajstić information content (AvgIpc) is 3.13. The molecule has 1 aromatic heterocycles.